The quantitative estimate of drug-likeness (QED) is 0.715. The van der Waals surface area contributed by atoms with E-state index in [1.54, 1.807) is 11.1 Å². The third-order valence-electron chi connectivity index (χ3n) is 4.28. The molecular formula is C18H17N7O3. The molecule has 10 heteroatoms. The van der Waals surface area contributed by atoms with Gasteiger partial charge in [0.1, 0.15) is 17.8 Å². The van der Waals surface area contributed by atoms with Gasteiger partial charge in [-0.1, -0.05) is 6.07 Å². The first kappa shape index (κ1) is 17.6. The molecule has 142 valence electrons. The molecule has 4 rings (SSSR count). The third-order valence-corrected chi connectivity index (χ3v) is 4.28. The zero-order valence-corrected chi connectivity index (χ0v) is 14.9. The molecule has 3 aromatic heterocycles. The lowest BCUT2D eigenvalue weighted by atomic mass is 10.3. The molecule has 4 heterocycles. The number of piperazine rings is 1. The summed E-state index contributed by atoms with van der Waals surface area (Å²) < 4.78 is 5.20. The van der Waals surface area contributed by atoms with E-state index in [4.69, 9.17) is 4.42 Å². The van der Waals surface area contributed by atoms with E-state index >= 15 is 0 Å². The van der Waals surface area contributed by atoms with Crippen molar-refractivity contribution in [1.82, 2.24) is 24.8 Å². The van der Waals surface area contributed by atoms with Crippen LogP contribution >= 0.6 is 0 Å². The molecule has 0 atom stereocenters. The molecule has 1 saturated heterocycles. The maximum atomic E-state index is 12.6. The summed E-state index contributed by atoms with van der Waals surface area (Å²) in [5.74, 6) is 0.132. The van der Waals surface area contributed by atoms with Crippen molar-refractivity contribution in [2.45, 2.75) is 0 Å². The Balaban J connectivity index is 1.35. The Labute approximate surface area is 160 Å². The minimum atomic E-state index is -0.516. The van der Waals surface area contributed by atoms with Gasteiger partial charge in [-0.05, 0) is 12.1 Å². The SMILES string of the molecule is O=C(Nc1nc(C(=O)N2CCN(c3ccccn3)CC2)co1)c1cnccn1. The number of pyridine rings is 1. The maximum Gasteiger partial charge on any atom is 0.302 e. The first-order chi connectivity index (χ1) is 13.7. The number of oxazole rings is 1. The third kappa shape index (κ3) is 3.80. The number of hydrogen-bond acceptors (Lipinski definition) is 8. The van der Waals surface area contributed by atoms with Crippen LogP contribution in [0.15, 0.2) is 53.7 Å². The average molecular weight is 379 g/mol. The van der Waals surface area contributed by atoms with Gasteiger partial charge in [0.05, 0.1) is 6.20 Å². The molecule has 3 aromatic rings. The molecule has 0 spiro atoms. The molecule has 1 fully saturated rings. The number of anilines is 2. The number of carbonyl (C=O) groups is 2. The lowest BCUT2D eigenvalue weighted by Crippen LogP contribution is -2.49. The highest BCUT2D eigenvalue weighted by Crippen LogP contribution is 2.15. The van der Waals surface area contributed by atoms with Crippen LogP contribution in [0.1, 0.15) is 21.0 Å². The normalized spacial score (nSPS) is 14.0. The van der Waals surface area contributed by atoms with Crippen LogP contribution < -0.4 is 10.2 Å². The molecule has 2 amide bonds. The van der Waals surface area contributed by atoms with Crippen LogP contribution in [0.25, 0.3) is 0 Å². The Bertz CT molecular complexity index is 954. The van der Waals surface area contributed by atoms with Crippen LogP contribution in [-0.2, 0) is 0 Å². The molecule has 1 aliphatic rings. The van der Waals surface area contributed by atoms with Gasteiger partial charge in [0.2, 0.25) is 0 Å². The second-order valence-electron chi connectivity index (χ2n) is 6.05. The topological polar surface area (TPSA) is 117 Å². The lowest BCUT2D eigenvalue weighted by molar-refractivity contribution is 0.0740. The number of nitrogens with zero attached hydrogens (tertiary/aromatic N) is 6. The van der Waals surface area contributed by atoms with Gasteiger partial charge >= 0.3 is 6.01 Å². The number of carbonyl (C=O) groups excluding carboxylic acids is 2. The highest BCUT2D eigenvalue weighted by atomic mass is 16.4. The number of nitrogens with one attached hydrogen (secondary N) is 1. The second kappa shape index (κ2) is 7.82. The molecule has 1 aliphatic heterocycles. The zero-order valence-electron chi connectivity index (χ0n) is 14.9. The van der Waals surface area contributed by atoms with Gasteiger partial charge in [0.25, 0.3) is 11.8 Å². The highest BCUT2D eigenvalue weighted by molar-refractivity contribution is 6.01. The van der Waals surface area contributed by atoms with Gasteiger partial charge in [-0.3, -0.25) is 19.9 Å². The van der Waals surface area contributed by atoms with Crippen LogP contribution in [0.4, 0.5) is 11.8 Å². The summed E-state index contributed by atoms with van der Waals surface area (Å²) in [5.41, 5.74) is 0.264. The van der Waals surface area contributed by atoms with Crippen molar-refractivity contribution in [2.75, 3.05) is 36.4 Å². The Kier molecular flexibility index (Phi) is 4.91. The van der Waals surface area contributed by atoms with E-state index in [9.17, 15) is 9.59 Å². The average Bonchev–Trinajstić information content (AvgIpc) is 3.23. The minimum absolute atomic E-state index is 0.0638. The van der Waals surface area contributed by atoms with Crippen molar-refractivity contribution < 1.29 is 14.0 Å². The van der Waals surface area contributed by atoms with Gasteiger partial charge < -0.3 is 14.2 Å². The number of hydrogen-bond donors (Lipinski definition) is 1. The molecule has 0 aromatic carbocycles. The predicted molar refractivity (Wildman–Crippen MR) is 98.8 cm³/mol. The summed E-state index contributed by atoms with van der Waals surface area (Å²) in [6.07, 6.45) is 7.18. The Morgan fingerprint density at radius 3 is 2.57 bits per heavy atom. The minimum Gasteiger partial charge on any atom is -0.431 e. The molecule has 1 N–H and O–H groups in total. The smallest absolute Gasteiger partial charge is 0.302 e. The van der Waals surface area contributed by atoms with Gasteiger partial charge in [-0.15, -0.1) is 0 Å². The fraction of sp³-hybridized carbons (Fsp3) is 0.222. The van der Waals surface area contributed by atoms with E-state index in [0.29, 0.717) is 26.2 Å². The molecule has 0 saturated carbocycles. The van der Waals surface area contributed by atoms with Crippen LogP contribution in [0, 0.1) is 0 Å². The molecule has 0 radical (unpaired) electrons. The number of amides is 2. The van der Waals surface area contributed by atoms with E-state index in [-0.39, 0.29) is 23.3 Å². The first-order valence-electron chi connectivity index (χ1n) is 8.69. The molecule has 0 bridgehead atoms. The molecular weight excluding hydrogens is 362 g/mol. The van der Waals surface area contributed by atoms with Crippen LogP contribution in [0.3, 0.4) is 0 Å². The van der Waals surface area contributed by atoms with Crippen LogP contribution in [0.2, 0.25) is 0 Å². The standard InChI is InChI=1S/C18H17N7O3/c26-16(13-11-19-5-6-20-13)23-18-22-14(12-28-18)17(27)25-9-7-24(8-10-25)15-3-1-2-4-21-15/h1-6,11-12H,7-10H2,(H,22,23,26). The highest BCUT2D eigenvalue weighted by Gasteiger charge is 2.25. The van der Waals surface area contributed by atoms with E-state index in [1.165, 1.54) is 24.9 Å². The Morgan fingerprint density at radius 2 is 1.86 bits per heavy atom. The molecule has 0 aliphatic carbocycles. The van der Waals surface area contributed by atoms with Crippen molar-refractivity contribution in [1.29, 1.82) is 0 Å². The fourth-order valence-corrected chi connectivity index (χ4v) is 2.85. The molecule has 0 unspecified atom stereocenters. The maximum absolute atomic E-state index is 12.6. The van der Waals surface area contributed by atoms with Crippen molar-refractivity contribution in [3.63, 3.8) is 0 Å². The lowest BCUT2D eigenvalue weighted by Gasteiger charge is -2.35. The predicted octanol–water partition coefficient (Wildman–Crippen LogP) is 1.07. The zero-order chi connectivity index (χ0) is 19.3. The molecule has 28 heavy (non-hydrogen) atoms. The van der Waals surface area contributed by atoms with Gasteiger partial charge in [-0.25, -0.2) is 9.97 Å². The summed E-state index contributed by atoms with van der Waals surface area (Å²) in [4.78, 5) is 44.6. The van der Waals surface area contributed by atoms with E-state index in [0.717, 1.165) is 5.82 Å². The van der Waals surface area contributed by atoms with Gasteiger partial charge in [0, 0.05) is 44.8 Å². The Hall–Kier alpha value is -3.82. The molecule has 10 nitrogen and oxygen atoms in total. The van der Waals surface area contributed by atoms with Crippen LogP contribution in [-0.4, -0.2) is 62.8 Å². The van der Waals surface area contributed by atoms with E-state index in [2.05, 4.69) is 30.2 Å². The first-order valence-corrected chi connectivity index (χ1v) is 8.69. The number of aromatic nitrogens is 4. The monoisotopic (exact) mass is 379 g/mol. The van der Waals surface area contributed by atoms with E-state index in [1.807, 2.05) is 18.2 Å². The van der Waals surface area contributed by atoms with Crippen LogP contribution in [0.5, 0.6) is 0 Å². The summed E-state index contributed by atoms with van der Waals surface area (Å²) in [5, 5.41) is 2.46. The summed E-state index contributed by atoms with van der Waals surface area (Å²) in [6, 6.07) is 5.69. The summed E-state index contributed by atoms with van der Waals surface area (Å²) in [6.45, 7) is 2.45. The second-order valence-corrected chi connectivity index (χ2v) is 6.05. The van der Waals surface area contributed by atoms with Crippen molar-refractivity contribution in [3.05, 3.63) is 60.6 Å². The summed E-state index contributed by atoms with van der Waals surface area (Å²) >= 11 is 0. The Morgan fingerprint density at radius 1 is 1.00 bits per heavy atom. The van der Waals surface area contributed by atoms with Crippen molar-refractivity contribution in [2.24, 2.45) is 0 Å². The van der Waals surface area contributed by atoms with Crippen molar-refractivity contribution in [3.8, 4) is 0 Å². The fourth-order valence-electron chi connectivity index (χ4n) is 2.85. The van der Waals surface area contributed by atoms with E-state index < -0.39 is 5.91 Å². The van der Waals surface area contributed by atoms with Crippen molar-refractivity contribution >= 4 is 23.6 Å². The number of rotatable bonds is 4. The van der Waals surface area contributed by atoms with Gasteiger partial charge in [0.15, 0.2) is 5.69 Å². The largest absolute Gasteiger partial charge is 0.431 e. The summed E-state index contributed by atoms with van der Waals surface area (Å²) in [7, 11) is 0. The van der Waals surface area contributed by atoms with Gasteiger partial charge in [-0.2, -0.15) is 4.98 Å².